The molecule has 0 aliphatic heterocycles. The predicted molar refractivity (Wildman–Crippen MR) is 92.7 cm³/mol. The number of nitrogens with zero attached hydrogens (tertiary/aromatic N) is 1. The van der Waals surface area contributed by atoms with Crippen molar-refractivity contribution in [1.82, 2.24) is 5.32 Å². The lowest BCUT2D eigenvalue weighted by molar-refractivity contribution is -0.385. The predicted octanol–water partition coefficient (Wildman–Crippen LogP) is 3.34. The van der Waals surface area contributed by atoms with Gasteiger partial charge in [-0.2, -0.15) is 0 Å². The normalized spacial score (nSPS) is 10.0. The van der Waals surface area contributed by atoms with Crippen molar-refractivity contribution in [3.63, 3.8) is 0 Å². The van der Waals surface area contributed by atoms with Crippen molar-refractivity contribution < 1.29 is 9.72 Å². The van der Waals surface area contributed by atoms with Gasteiger partial charge in [-0.1, -0.05) is 23.8 Å². The molecule has 7 heteroatoms. The molecule has 0 saturated heterocycles. The van der Waals surface area contributed by atoms with Crippen molar-refractivity contribution >= 4 is 34.6 Å². The summed E-state index contributed by atoms with van der Waals surface area (Å²) in [5, 5.41) is 16.4. The quantitative estimate of drug-likeness (QED) is 0.512. The molecule has 0 unspecified atom stereocenters. The first-order chi connectivity index (χ1) is 10.9. The van der Waals surface area contributed by atoms with Crippen molar-refractivity contribution in [3.05, 3.63) is 69.3 Å². The highest BCUT2D eigenvalue weighted by atomic mass is 32.1. The molecule has 0 heterocycles. The number of benzene rings is 2. The van der Waals surface area contributed by atoms with Gasteiger partial charge >= 0.3 is 0 Å². The monoisotopic (exact) mass is 329 g/mol. The summed E-state index contributed by atoms with van der Waals surface area (Å²) in [6.07, 6.45) is 0. The van der Waals surface area contributed by atoms with Gasteiger partial charge in [0.1, 0.15) is 0 Å². The van der Waals surface area contributed by atoms with Gasteiger partial charge < -0.3 is 5.32 Å². The Morgan fingerprint density at radius 3 is 2.39 bits per heavy atom. The number of aryl methyl sites for hydroxylation is 2. The fourth-order valence-electron chi connectivity index (χ4n) is 1.92. The summed E-state index contributed by atoms with van der Waals surface area (Å²) >= 11 is 5.08. The Labute approximate surface area is 138 Å². The molecule has 2 N–H and O–H groups in total. The van der Waals surface area contributed by atoms with Crippen LogP contribution in [-0.2, 0) is 0 Å². The summed E-state index contributed by atoms with van der Waals surface area (Å²) in [6, 6.07) is 11.8. The summed E-state index contributed by atoms with van der Waals surface area (Å²) in [5.74, 6) is -0.502. The molecule has 0 radical (unpaired) electrons. The number of nitrogens with one attached hydrogen (secondary N) is 2. The molecule has 2 aromatic carbocycles. The van der Waals surface area contributed by atoms with E-state index in [1.165, 1.54) is 18.2 Å². The molecule has 0 aliphatic rings. The highest BCUT2D eigenvalue weighted by molar-refractivity contribution is 7.80. The largest absolute Gasteiger partial charge is 0.332 e. The van der Waals surface area contributed by atoms with E-state index in [2.05, 4.69) is 10.6 Å². The zero-order valence-electron chi connectivity index (χ0n) is 12.6. The van der Waals surface area contributed by atoms with E-state index in [1.807, 2.05) is 31.2 Å². The Hall–Kier alpha value is -2.80. The van der Waals surface area contributed by atoms with Crippen LogP contribution in [0.25, 0.3) is 0 Å². The Bertz CT molecular complexity index is 773. The molecule has 2 rings (SSSR count). The average Bonchev–Trinajstić information content (AvgIpc) is 2.49. The maximum Gasteiger partial charge on any atom is 0.273 e. The number of hydrogen-bond donors (Lipinski definition) is 2. The first-order valence-electron chi connectivity index (χ1n) is 6.81. The molecule has 0 spiro atoms. The van der Waals surface area contributed by atoms with Crippen molar-refractivity contribution in [3.8, 4) is 0 Å². The maximum absolute atomic E-state index is 12.1. The zero-order valence-corrected chi connectivity index (χ0v) is 13.4. The van der Waals surface area contributed by atoms with E-state index in [-0.39, 0.29) is 16.4 Å². The molecule has 0 saturated carbocycles. The molecule has 0 aliphatic carbocycles. The SMILES string of the molecule is Cc1ccc(NC(=S)NC(=O)c2ccc(C)c([N+](=O)[O-])c2)cc1. The number of carbonyl (C=O) groups excluding carboxylic acids is 1. The second kappa shape index (κ2) is 6.97. The molecule has 23 heavy (non-hydrogen) atoms. The molecule has 0 atom stereocenters. The lowest BCUT2D eigenvalue weighted by Gasteiger charge is -2.10. The third-order valence-electron chi connectivity index (χ3n) is 3.20. The first-order valence-corrected chi connectivity index (χ1v) is 7.21. The second-order valence-corrected chi connectivity index (χ2v) is 5.44. The maximum atomic E-state index is 12.1. The van der Waals surface area contributed by atoms with Crippen LogP contribution in [0.3, 0.4) is 0 Å². The Balaban J connectivity index is 2.06. The third kappa shape index (κ3) is 4.33. The zero-order chi connectivity index (χ0) is 17.0. The molecule has 6 nitrogen and oxygen atoms in total. The van der Waals surface area contributed by atoms with Crippen LogP contribution in [0.5, 0.6) is 0 Å². The van der Waals surface area contributed by atoms with Crippen LogP contribution < -0.4 is 10.6 Å². The van der Waals surface area contributed by atoms with Crippen molar-refractivity contribution in [2.75, 3.05) is 5.32 Å². The summed E-state index contributed by atoms with van der Waals surface area (Å²) in [4.78, 5) is 22.5. The van der Waals surface area contributed by atoms with Crippen LogP contribution in [0.4, 0.5) is 11.4 Å². The minimum Gasteiger partial charge on any atom is -0.332 e. The van der Waals surface area contributed by atoms with Crippen LogP contribution in [0.2, 0.25) is 0 Å². The second-order valence-electron chi connectivity index (χ2n) is 5.03. The van der Waals surface area contributed by atoms with E-state index in [0.29, 0.717) is 5.56 Å². The van der Waals surface area contributed by atoms with Gasteiger partial charge in [-0.3, -0.25) is 20.2 Å². The molecule has 118 valence electrons. The van der Waals surface area contributed by atoms with E-state index in [4.69, 9.17) is 12.2 Å². The molecule has 0 bridgehead atoms. The highest BCUT2D eigenvalue weighted by Crippen LogP contribution is 2.19. The number of amides is 1. The minimum absolute atomic E-state index is 0.102. The van der Waals surface area contributed by atoms with Gasteiger partial charge in [0.2, 0.25) is 0 Å². The minimum atomic E-state index is -0.519. The third-order valence-corrected chi connectivity index (χ3v) is 3.41. The van der Waals surface area contributed by atoms with Gasteiger partial charge in [0.15, 0.2) is 5.11 Å². The fourth-order valence-corrected chi connectivity index (χ4v) is 2.13. The van der Waals surface area contributed by atoms with Crippen molar-refractivity contribution in [2.45, 2.75) is 13.8 Å². The number of hydrogen-bond acceptors (Lipinski definition) is 4. The molecule has 2 aromatic rings. The highest BCUT2D eigenvalue weighted by Gasteiger charge is 2.15. The summed E-state index contributed by atoms with van der Waals surface area (Å²) in [7, 11) is 0. The van der Waals surface area contributed by atoms with E-state index < -0.39 is 10.8 Å². The number of rotatable bonds is 3. The Morgan fingerprint density at radius 2 is 1.78 bits per heavy atom. The smallest absolute Gasteiger partial charge is 0.273 e. The van der Waals surface area contributed by atoms with Crippen LogP contribution in [0.15, 0.2) is 42.5 Å². The van der Waals surface area contributed by atoms with Crippen LogP contribution in [0, 0.1) is 24.0 Å². The molecule has 0 aromatic heterocycles. The van der Waals surface area contributed by atoms with Crippen LogP contribution in [0.1, 0.15) is 21.5 Å². The van der Waals surface area contributed by atoms with Crippen molar-refractivity contribution in [2.24, 2.45) is 0 Å². The molecular weight excluding hydrogens is 314 g/mol. The summed E-state index contributed by atoms with van der Waals surface area (Å²) in [6.45, 7) is 3.58. The van der Waals surface area contributed by atoms with Crippen LogP contribution in [-0.4, -0.2) is 15.9 Å². The fraction of sp³-hybridized carbons (Fsp3) is 0.125. The van der Waals surface area contributed by atoms with E-state index in [1.54, 1.807) is 6.92 Å². The number of anilines is 1. The van der Waals surface area contributed by atoms with Gasteiger partial charge in [0.05, 0.1) is 4.92 Å². The van der Waals surface area contributed by atoms with E-state index >= 15 is 0 Å². The van der Waals surface area contributed by atoms with Gasteiger partial charge in [0, 0.05) is 22.9 Å². The summed E-state index contributed by atoms with van der Waals surface area (Å²) < 4.78 is 0. The van der Waals surface area contributed by atoms with Crippen molar-refractivity contribution in [1.29, 1.82) is 0 Å². The lowest BCUT2D eigenvalue weighted by Crippen LogP contribution is -2.34. The molecular formula is C16H15N3O3S. The van der Waals surface area contributed by atoms with Crippen LogP contribution >= 0.6 is 12.2 Å². The van der Waals surface area contributed by atoms with Gasteiger partial charge in [-0.15, -0.1) is 0 Å². The Morgan fingerprint density at radius 1 is 1.13 bits per heavy atom. The topological polar surface area (TPSA) is 84.3 Å². The number of thiocarbonyl (C=S) groups is 1. The summed E-state index contributed by atoms with van der Waals surface area (Å²) in [5.41, 5.74) is 2.42. The van der Waals surface area contributed by atoms with E-state index in [0.717, 1.165) is 11.3 Å². The first kappa shape index (κ1) is 16.6. The number of carbonyl (C=O) groups is 1. The standard InChI is InChI=1S/C16H15N3O3S/c1-10-3-7-13(8-4-10)17-16(23)18-15(20)12-6-5-11(2)14(9-12)19(21)22/h3-9H,1-2H3,(H2,17,18,20,23). The lowest BCUT2D eigenvalue weighted by atomic mass is 10.1. The van der Waals surface area contributed by atoms with Gasteiger partial charge in [0.25, 0.3) is 11.6 Å². The van der Waals surface area contributed by atoms with Gasteiger partial charge in [-0.25, -0.2) is 0 Å². The molecule has 0 fully saturated rings. The average molecular weight is 329 g/mol. The molecule has 1 amide bonds. The number of nitro benzene ring substituents is 1. The van der Waals surface area contributed by atoms with Gasteiger partial charge in [-0.05, 0) is 44.3 Å². The van der Waals surface area contributed by atoms with E-state index in [9.17, 15) is 14.9 Å². The Kier molecular flexibility index (Phi) is 5.02. The number of nitro groups is 1.